The zero-order chi connectivity index (χ0) is 14.1. The predicted octanol–water partition coefficient (Wildman–Crippen LogP) is 4.11. The maximum Gasteiger partial charge on any atom is 0.0409 e. The summed E-state index contributed by atoms with van der Waals surface area (Å²) in [6, 6.07) is 8.54. The first-order valence-corrected chi connectivity index (χ1v) is 7.74. The van der Waals surface area contributed by atoms with E-state index < -0.39 is 0 Å². The van der Waals surface area contributed by atoms with Gasteiger partial charge in [0.2, 0.25) is 0 Å². The van der Waals surface area contributed by atoms with E-state index in [0.29, 0.717) is 6.04 Å². The van der Waals surface area contributed by atoms with Crippen LogP contribution in [-0.4, -0.2) is 31.6 Å². The van der Waals surface area contributed by atoms with Crippen molar-refractivity contribution in [1.82, 2.24) is 10.2 Å². The molecule has 0 aliphatic rings. The number of hydrogen-bond donors (Lipinski definition) is 1. The topological polar surface area (TPSA) is 15.3 Å². The summed E-state index contributed by atoms with van der Waals surface area (Å²) in [5.41, 5.74) is 1.28. The molecule has 0 aromatic heterocycles. The van der Waals surface area contributed by atoms with E-state index in [0.717, 1.165) is 24.5 Å². The number of nitrogens with zero attached hydrogens (tertiary/aromatic N) is 1. The molecule has 0 saturated carbocycles. The summed E-state index contributed by atoms with van der Waals surface area (Å²) >= 11 is 6.07. The van der Waals surface area contributed by atoms with E-state index in [1.165, 1.54) is 24.9 Å². The molecule has 0 radical (unpaired) electrons. The molecule has 1 aromatic rings. The van der Waals surface area contributed by atoms with Crippen LogP contribution < -0.4 is 5.32 Å². The molecule has 1 atom stereocenters. The second-order valence-electron chi connectivity index (χ2n) is 4.97. The first-order chi connectivity index (χ1) is 9.21. The van der Waals surface area contributed by atoms with Crippen molar-refractivity contribution in [2.45, 2.75) is 39.2 Å². The molecular formula is C16H27ClN2. The number of halogens is 1. The summed E-state index contributed by atoms with van der Waals surface area (Å²) < 4.78 is 0. The van der Waals surface area contributed by atoms with E-state index >= 15 is 0 Å². The van der Waals surface area contributed by atoms with Crippen LogP contribution in [0.3, 0.4) is 0 Å². The summed E-state index contributed by atoms with van der Waals surface area (Å²) in [6.45, 7) is 7.96. The van der Waals surface area contributed by atoms with E-state index in [4.69, 9.17) is 11.6 Å². The number of nitrogens with one attached hydrogen (secondary N) is 1. The van der Waals surface area contributed by atoms with Crippen LogP contribution in [0.1, 0.15) is 44.7 Å². The molecule has 0 amide bonds. The van der Waals surface area contributed by atoms with E-state index in [-0.39, 0.29) is 0 Å². The van der Waals surface area contributed by atoms with Gasteiger partial charge in [-0.05, 0) is 57.2 Å². The Bertz CT molecular complexity index is 354. The Morgan fingerprint density at radius 1 is 1.26 bits per heavy atom. The maximum absolute atomic E-state index is 6.07. The molecule has 19 heavy (non-hydrogen) atoms. The monoisotopic (exact) mass is 282 g/mol. The molecule has 0 heterocycles. The SMILES string of the molecule is CCCCN(CC)CCC(NC)c1cccc(Cl)c1. The Morgan fingerprint density at radius 2 is 2.05 bits per heavy atom. The lowest BCUT2D eigenvalue weighted by molar-refractivity contribution is 0.267. The standard InChI is InChI=1S/C16H27ClN2/c1-4-6-11-19(5-2)12-10-16(18-3)14-8-7-9-15(17)13-14/h7-9,13,16,18H,4-6,10-12H2,1-3H3. The Balaban J connectivity index is 2.52. The van der Waals surface area contributed by atoms with Gasteiger partial charge in [-0.3, -0.25) is 0 Å². The summed E-state index contributed by atoms with van der Waals surface area (Å²) in [7, 11) is 2.02. The van der Waals surface area contributed by atoms with Crippen LogP contribution in [0.15, 0.2) is 24.3 Å². The fraction of sp³-hybridized carbons (Fsp3) is 0.625. The van der Waals surface area contributed by atoms with Gasteiger partial charge in [0.05, 0.1) is 0 Å². The molecule has 0 aliphatic heterocycles. The van der Waals surface area contributed by atoms with Crippen LogP contribution in [0.25, 0.3) is 0 Å². The molecule has 0 aliphatic carbocycles. The van der Waals surface area contributed by atoms with E-state index in [1.54, 1.807) is 0 Å². The van der Waals surface area contributed by atoms with Crippen LogP contribution in [-0.2, 0) is 0 Å². The fourth-order valence-corrected chi connectivity index (χ4v) is 2.52. The van der Waals surface area contributed by atoms with Crippen molar-refractivity contribution in [3.63, 3.8) is 0 Å². The summed E-state index contributed by atoms with van der Waals surface area (Å²) in [6.07, 6.45) is 3.67. The Labute approximate surface area is 123 Å². The highest BCUT2D eigenvalue weighted by Gasteiger charge is 2.11. The molecule has 0 bridgehead atoms. The van der Waals surface area contributed by atoms with Gasteiger partial charge in [-0.1, -0.05) is 44.0 Å². The molecule has 1 N–H and O–H groups in total. The lowest BCUT2D eigenvalue weighted by Gasteiger charge is -2.24. The van der Waals surface area contributed by atoms with Gasteiger partial charge in [-0.15, -0.1) is 0 Å². The third-order valence-electron chi connectivity index (χ3n) is 3.61. The normalized spacial score (nSPS) is 12.9. The molecule has 108 valence electrons. The minimum atomic E-state index is 0.384. The molecule has 3 heteroatoms. The molecule has 2 nitrogen and oxygen atoms in total. The molecular weight excluding hydrogens is 256 g/mol. The zero-order valence-corrected chi connectivity index (χ0v) is 13.2. The van der Waals surface area contributed by atoms with Crippen molar-refractivity contribution < 1.29 is 0 Å². The van der Waals surface area contributed by atoms with Crippen molar-refractivity contribution in [2.75, 3.05) is 26.7 Å². The first-order valence-electron chi connectivity index (χ1n) is 7.36. The minimum Gasteiger partial charge on any atom is -0.313 e. The third kappa shape index (κ3) is 5.94. The second kappa shape index (κ2) is 9.35. The molecule has 0 saturated heterocycles. The summed E-state index contributed by atoms with van der Waals surface area (Å²) in [5, 5.41) is 4.21. The largest absolute Gasteiger partial charge is 0.313 e. The number of rotatable bonds is 9. The second-order valence-corrected chi connectivity index (χ2v) is 5.41. The average molecular weight is 283 g/mol. The van der Waals surface area contributed by atoms with Gasteiger partial charge in [-0.2, -0.15) is 0 Å². The molecule has 1 unspecified atom stereocenters. The van der Waals surface area contributed by atoms with Gasteiger partial charge in [0.1, 0.15) is 0 Å². The van der Waals surface area contributed by atoms with Gasteiger partial charge in [0.25, 0.3) is 0 Å². The highest BCUT2D eigenvalue weighted by Crippen LogP contribution is 2.20. The molecule has 0 spiro atoms. The summed E-state index contributed by atoms with van der Waals surface area (Å²) in [5.74, 6) is 0. The number of hydrogen-bond acceptors (Lipinski definition) is 2. The van der Waals surface area contributed by atoms with Crippen molar-refractivity contribution in [3.05, 3.63) is 34.9 Å². The zero-order valence-electron chi connectivity index (χ0n) is 12.5. The molecule has 0 fully saturated rings. The maximum atomic E-state index is 6.07. The fourth-order valence-electron chi connectivity index (χ4n) is 2.32. The molecule has 1 rings (SSSR count). The van der Waals surface area contributed by atoms with Crippen LogP contribution in [0.5, 0.6) is 0 Å². The lowest BCUT2D eigenvalue weighted by atomic mass is 10.0. The molecule has 1 aromatic carbocycles. The Hall–Kier alpha value is -0.570. The van der Waals surface area contributed by atoms with Gasteiger partial charge in [0, 0.05) is 11.1 Å². The highest BCUT2D eigenvalue weighted by molar-refractivity contribution is 6.30. The van der Waals surface area contributed by atoms with E-state index in [1.807, 2.05) is 19.2 Å². The average Bonchev–Trinajstić information content (AvgIpc) is 2.43. The predicted molar refractivity (Wildman–Crippen MR) is 84.9 cm³/mol. The Kier molecular flexibility index (Phi) is 8.11. The van der Waals surface area contributed by atoms with E-state index in [2.05, 4.69) is 36.2 Å². The van der Waals surface area contributed by atoms with Crippen molar-refractivity contribution in [3.8, 4) is 0 Å². The van der Waals surface area contributed by atoms with Crippen LogP contribution in [0.4, 0.5) is 0 Å². The van der Waals surface area contributed by atoms with Crippen molar-refractivity contribution >= 4 is 11.6 Å². The van der Waals surface area contributed by atoms with Crippen LogP contribution >= 0.6 is 11.6 Å². The van der Waals surface area contributed by atoms with Crippen LogP contribution in [0.2, 0.25) is 5.02 Å². The first kappa shape index (κ1) is 16.5. The Morgan fingerprint density at radius 3 is 2.63 bits per heavy atom. The van der Waals surface area contributed by atoms with Crippen molar-refractivity contribution in [1.29, 1.82) is 0 Å². The minimum absolute atomic E-state index is 0.384. The van der Waals surface area contributed by atoms with Gasteiger partial charge in [0.15, 0.2) is 0 Å². The number of unbranched alkanes of at least 4 members (excludes halogenated alkanes) is 1. The highest BCUT2D eigenvalue weighted by atomic mass is 35.5. The van der Waals surface area contributed by atoms with Gasteiger partial charge in [-0.25, -0.2) is 0 Å². The van der Waals surface area contributed by atoms with E-state index in [9.17, 15) is 0 Å². The van der Waals surface area contributed by atoms with Crippen LogP contribution in [0, 0.1) is 0 Å². The quantitative estimate of drug-likeness (QED) is 0.733. The lowest BCUT2D eigenvalue weighted by Crippen LogP contribution is -2.29. The van der Waals surface area contributed by atoms with Gasteiger partial charge < -0.3 is 10.2 Å². The van der Waals surface area contributed by atoms with Crippen molar-refractivity contribution in [2.24, 2.45) is 0 Å². The smallest absolute Gasteiger partial charge is 0.0409 e. The summed E-state index contributed by atoms with van der Waals surface area (Å²) in [4.78, 5) is 2.53. The van der Waals surface area contributed by atoms with Gasteiger partial charge >= 0.3 is 0 Å². The third-order valence-corrected chi connectivity index (χ3v) is 3.84. The number of benzene rings is 1.